The maximum absolute atomic E-state index is 12.2. The molecule has 3 nitrogen and oxygen atoms in total. The Hall–Kier alpha value is -0.830. The largest absolute Gasteiger partial charge is 0.394 e. The zero-order valence-corrected chi connectivity index (χ0v) is 17.3. The first-order valence-electron chi connectivity index (χ1n) is 11.3. The summed E-state index contributed by atoms with van der Waals surface area (Å²) in [5.41, 5.74) is 0. The third-order valence-electron chi connectivity index (χ3n) is 5.56. The molecule has 152 valence electrons. The Morgan fingerprint density at radius 1 is 0.923 bits per heavy atom. The third-order valence-corrected chi connectivity index (χ3v) is 5.56. The van der Waals surface area contributed by atoms with Crippen molar-refractivity contribution in [3.63, 3.8) is 0 Å². The fourth-order valence-electron chi connectivity index (χ4n) is 3.84. The van der Waals surface area contributed by atoms with Gasteiger partial charge in [0.25, 0.3) is 0 Å². The normalized spacial score (nSPS) is 17.5. The van der Waals surface area contributed by atoms with Crippen LogP contribution in [0.25, 0.3) is 0 Å². The van der Waals surface area contributed by atoms with Gasteiger partial charge in [-0.2, -0.15) is 0 Å². The van der Waals surface area contributed by atoms with Crippen LogP contribution in [0.15, 0.2) is 12.2 Å². The molecule has 1 aliphatic heterocycles. The van der Waals surface area contributed by atoms with E-state index < -0.39 is 0 Å². The van der Waals surface area contributed by atoms with E-state index in [4.69, 9.17) is 0 Å². The lowest BCUT2D eigenvalue weighted by atomic mass is 10.1. The van der Waals surface area contributed by atoms with Crippen LogP contribution in [0.5, 0.6) is 0 Å². The number of nitrogens with zero attached hydrogens (tertiary/aromatic N) is 1. The number of aliphatic hydroxyl groups excluding tert-OH is 1. The van der Waals surface area contributed by atoms with Gasteiger partial charge in [-0.3, -0.25) is 4.79 Å². The number of carbonyl (C=O) groups excluding carboxylic acids is 1. The molecule has 1 saturated heterocycles. The molecule has 0 aromatic rings. The van der Waals surface area contributed by atoms with E-state index in [1.165, 1.54) is 70.6 Å². The molecule has 0 aromatic carbocycles. The van der Waals surface area contributed by atoms with Crippen molar-refractivity contribution in [2.75, 3.05) is 13.2 Å². The molecule has 1 amide bonds. The SMILES string of the molecule is CCCCCCCC/C=C/CCCCCCCC(=O)N1CCCC1CO. The summed E-state index contributed by atoms with van der Waals surface area (Å²) >= 11 is 0. The summed E-state index contributed by atoms with van der Waals surface area (Å²) < 4.78 is 0. The Labute approximate surface area is 162 Å². The van der Waals surface area contributed by atoms with Gasteiger partial charge in [0.05, 0.1) is 12.6 Å². The summed E-state index contributed by atoms with van der Waals surface area (Å²) in [5.74, 6) is 0.249. The molecular formula is C23H43NO2. The number of aliphatic hydroxyl groups is 1. The third kappa shape index (κ3) is 11.0. The van der Waals surface area contributed by atoms with Gasteiger partial charge in [0.15, 0.2) is 0 Å². The van der Waals surface area contributed by atoms with Crippen LogP contribution in [0.4, 0.5) is 0 Å². The van der Waals surface area contributed by atoms with Crippen molar-refractivity contribution in [3.05, 3.63) is 12.2 Å². The first-order chi connectivity index (χ1) is 12.8. The molecule has 0 radical (unpaired) electrons. The van der Waals surface area contributed by atoms with Crippen LogP contribution in [0.2, 0.25) is 0 Å². The van der Waals surface area contributed by atoms with Crippen LogP contribution in [0.3, 0.4) is 0 Å². The second kappa shape index (κ2) is 16.4. The van der Waals surface area contributed by atoms with Gasteiger partial charge in [0.2, 0.25) is 5.91 Å². The van der Waals surface area contributed by atoms with E-state index in [1.807, 2.05) is 4.90 Å². The van der Waals surface area contributed by atoms with Crippen LogP contribution in [-0.2, 0) is 4.79 Å². The maximum atomic E-state index is 12.2. The van der Waals surface area contributed by atoms with E-state index in [1.54, 1.807) is 0 Å². The van der Waals surface area contributed by atoms with E-state index in [0.29, 0.717) is 6.42 Å². The van der Waals surface area contributed by atoms with Gasteiger partial charge >= 0.3 is 0 Å². The number of hydrogen-bond acceptors (Lipinski definition) is 2. The molecule has 0 saturated carbocycles. The van der Waals surface area contributed by atoms with Gasteiger partial charge < -0.3 is 10.0 Å². The van der Waals surface area contributed by atoms with Gasteiger partial charge in [0.1, 0.15) is 0 Å². The lowest BCUT2D eigenvalue weighted by Crippen LogP contribution is -2.37. The molecule has 3 heteroatoms. The summed E-state index contributed by atoms with van der Waals surface area (Å²) in [6, 6.07) is 0.0885. The van der Waals surface area contributed by atoms with E-state index in [0.717, 1.165) is 32.2 Å². The van der Waals surface area contributed by atoms with E-state index in [9.17, 15) is 9.90 Å². The first kappa shape index (κ1) is 23.2. The fourth-order valence-corrected chi connectivity index (χ4v) is 3.84. The van der Waals surface area contributed by atoms with Gasteiger partial charge in [-0.05, 0) is 44.9 Å². The Kier molecular flexibility index (Phi) is 14.6. The van der Waals surface area contributed by atoms with Crippen molar-refractivity contribution in [1.82, 2.24) is 4.90 Å². The van der Waals surface area contributed by atoms with Gasteiger partial charge in [-0.1, -0.05) is 70.4 Å². The fraction of sp³-hybridized carbons (Fsp3) is 0.870. The number of likely N-dealkylation sites (tertiary alicyclic amines) is 1. The van der Waals surface area contributed by atoms with Crippen LogP contribution in [0.1, 0.15) is 110 Å². The topological polar surface area (TPSA) is 40.5 Å². The van der Waals surface area contributed by atoms with Crippen LogP contribution < -0.4 is 0 Å². The average molecular weight is 366 g/mol. The van der Waals surface area contributed by atoms with E-state index in [2.05, 4.69) is 19.1 Å². The van der Waals surface area contributed by atoms with Crippen molar-refractivity contribution in [2.24, 2.45) is 0 Å². The lowest BCUT2D eigenvalue weighted by molar-refractivity contribution is -0.132. The number of amides is 1. The average Bonchev–Trinajstić information content (AvgIpc) is 3.13. The smallest absolute Gasteiger partial charge is 0.222 e. The van der Waals surface area contributed by atoms with Crippen molar-refractivity contribution in [1.29, 1.82) is 0 Å². The molecule has 1 atom stereocenters. The van der Waals surface area contributed by atoms with Crippen molar-refractivity contribution in [3.8, 4) is 0 Å². The molecule has 1 fully saturated rings. The maximum Gasteiger partial charge on any atom is 0.222 e. The molecule has 0 aliphatic carbocycles. The highest BCUT2D eigenvalue weighted by Crippen LogP contribution is 2.19. The minimum absolute atomic E-state index is 0.0885. The number of unbranched alkanes of at least 4 members (excludes halogenated alkanes) is 11. The van der Waals surface area contributed by atoms with E-state index >= 15 is 0 Å². The lowest BCUT2D eigenvalue weighted by Gasteiger charge is -2.22. The molecule has 26 heavy (non-hydrogen) atoms. The number of allylic oxidation sites excluding steroid dienone is 2. The number of hydrogen-bond donors (Lipinski definition) is 1. The van der Waals surface area contributed by atoms with Crippen molar-refractivity contribution < 1.29 is 9.90 Å². The minimum Gasteiger partial charge on any atom is -0.394 e. The second-order valence-electron chi connectivity index (χ2n) is 7.90. The van der Waals surface area contributed by atoms with Crippen molar-refractivity contribution in [2.45, 2.75) is 116 Å². The molecule has 0 spiro atoms. The first-order valence-corrected chi connectivity index (χ1v) is 11.3. The molecule has 1 N–H and O–H groups in total. The van der Waals surface area contributed by atoms with Gasteiger partial charge in [-0.25, -0.2) is 0 Å². The summed E-state index contributed by atoms with van der Waals surface area (Å²) in [7, 11) is 0. The molecule has 1 rings (SSSR count). The summed E-state index contributed by atoms with van der Waals surface area (Å²) in [6.45, 7) is 3.23. The summed E-state index contributed by atoms with van der Waals surface area (Å²) in [6.07, 6.45) is 24.1. The molecular weight excluding hydrogens is 322 g/mol. The van der Waals surface area contributed by atoms with Crippen LogP contribution in [-0.4, -0.2) is 35.1 Å². The van der Waals surface area contributed by atoms with Crippen molar-refractivity contribution >= 4 is 5.91 Å². The minimum atomic E-state index is 0.0885. The number of carbonyl (C=O) groups is 1. The zero-order valence-electron chi connectivity index (χ0n) is 17.3. The highest BCUT2D eigenvalue weighted by atomic mass is 16.3. The van der Waals surface area contributed by atoms with Gasteiger partial charge in [-0.15, -0.1) is 0 Å². The quantitative estimate of drug-likeness (QED) is 0.269. The molecule has 0 aromatic heterocycles. The van der Waals surface area contributed by atoms with Crippen LogP contribution >= 0.6 is 0 Å². The van der Waals surface area contributed by atoms with Gasteiger partial charge in [0, 0.05) is 13.0 Å². The standard InChI is InChI=1S/C23H43NO2/c1-2-3-4-5-6-7-8-9-10-11-12-13-14-15-16-19-23(26)24-20-17-18-22(24)21-25/h9-10,22,25H,2-8,11-21H2,1H3/b10-9+. The Balaban J connectivity index is 1.84. The predicted molar refractivity (Wildman–Crippen MR) is 111 cm³/mol. The zero-order chi connectivity index (χ0) is 18.9. The Bertz CT molecular complexity index is 367. The molecule has 0 bridgehead atoms. The van der Waals surface area contributed by atoms with E-state index in [-0.39, 0.29) is 18.6 Å². The summed E-state index contributed by atoms with van der Waals surface area (Å²) in [5, 5.41) is 9.29. The summed E-state index contributed by atoms with van der Waals surface area (Å²) in [4.78, 5) is 14.1. The molecule has 1 aliphatic rings. The second-order valence-corrected chi connectivity index (χ2v) is 7.90. The van der Waals surface area contributed by atoms with Crippen LogP contribution in [0, 0.1) is 0 Å². The number of rotatable bonds is 16. The molecule has 1 unspecified atom stereocenters. The highest BCUT2D eigenvalue weighted by molar-refractivity contribution is 5.76. The molecule has 1 heterocycles. The Morgan fingerprint density at radius 2 is 1.50 bits per heavy atom. The highest BCUT2D eigenvalue weighted by Gasteiger charge is 2.27. The predicted octanol–water partition coefficient (Wildman–Crippen LogP) is 6.01. The monoisotopic (exact) mass is 365 g/mol. The Morgan fingerprint density at radius 3 is 2.12 bits per heavy atom.